The Labute approximate surface area is 437 Å². The topological polar surface area (TPSA) is 78.9 Å². The minimum atomic E-state index is -0.791. The fourth-order valence-corrected chi connectivity index (χ4v) is 7.61. The van der Waals surface area contributed by atoms with Crippen molar-refractivity contribution in [1.82, 2.24) is 0 Å². The molecule has 0 aromatic carbocycles. The lowest BCUT2D eigenvalue weighted by molar-refractivity contribution is -0.167. The van der Waals surface area contributed by atoms with Gasteiger partial charge in [-0.1, -0.05) is 245 Å². The molecule has 1 unspecified atom stereocenters. The molecule has 1 atom stereocenters. The van der Waals surface area contributed by atoms with Crippen molar-refractivity contribution in [3.8, 4) is 0 Å². The lowest BCUT2D eigenvalue weighted by Gasteiger charge is -2.18. The molecule has 0 aromatic rings. The Morgan fingerprint density at radius 1 is 0.296 bits per heavy atom. The normalized spacial score (nSPS) is 13.0. The maximum Gasteiger partial charge on any atom is 0.306 e. The monoisotopic (exact) mass is 983 g/mol. The Bertz CT molecular complexity index is 1500. The van der Waals surface area contributed by atoms with Gasteiger partial charge in [-0.05, 0) is 109 Å². The summed E-state index contributed by atoms with van der Waals surface area (Å²) >= 11 is 0. The van der Waals surface area contributed by atoms with E-state index in [4.69, 9.17) is 14.2 Å². The smallest absolute Gasteiger partial charge is 0.306 e. The molecule has 0 aliphatic carbocycles. The standard InChI is InChI=1S/C65H106O6/c1-4-7-10-13-16-19-21-23-24-25-26-27-28-29-30-31-32-33-34-35-36-37-38-39-40-42-43-46-49-52-55-58-64(67)70-61-62(60-69-63(66)57-54-51-48-45-18-15-12-9-6-3)71-65(68)59-56-53-50-47-44-41-22-20-17-14-11-8-5-2/h7,10-11,14,16,19-20,22-24,26-27,29-30,32-33,35-36,38-39,62H,4-6,8-9,12-13,15,17-18,21,25,28,31,34,37,40-61H2,1-3H3/b10-7-,14-11-,19-16-,22-20-,24-23-,27-26-,30-29-,33-32-,36-35-,39-38-. The quantitative estimate of drug-likeness (QED) is 0.0261. The summed E-state index contributed by atoms with van der Waals surface area (Å²) in [5.74, 6) is -0.925. The first-order valence-electron chi connectivity index (χ1n) is 29.0. The summed E-state index contributed by atoms with van der Waals surface area (Å²) in [7, 11) is 0. The molecule has 0 amide bonds. The second-order valence-electron chi connectivity index (χ2n) is 18.8. The number of unbranched alkanes of at least 4 members (excludes halogenated alkanes) is 20. The van der Waals surface area contributed by atoms with E-state index in [2.05, 4.69) is 142 Å². The lowest BCUT2D eigenvalue weighted by Crippen LogP contribution is -2.30. The maximum atomic E-state index is 12.8. The van der Waals surface area contributed by atoms with Gasteiger partial charge in [0.2, 0.25) is 0 Å². The number of hydrogen-bond acceptors (Lipinski definition) is 6. The van der Waals surface area contributed by atoms with Gasteiger partial charge in [-0.3, -0.25) is 14.4 Å². The first-order valence-corrected chi connectivity index (χ1v) is 29.0. The van der Waals surface area contributed by atoms with E-state index in [9.17, 15) is 14.4 Å². The molecule has 0 N–H and O–H groups in total. The number of esters is 3. The highest BCUT2D eigenvalue weighted by atomic mass is 16.6. The number of carbonyl (C=O) groups excluding carboxylic acids is 3. The third-order valence-corrected chi connectivity index (χ3v) is 11.9. The van der Waals surface area contributed by atoms with Crippen LogP contribution in [-0.2, 0) is 28.6 Å². The highest BCUT2D eigenvalue weighted by molar-refractivity contribution is 5.71. The van der Waals surface area contributed by atoms with E-state index in [0.29, 0.717) is 19.3 Å². The molecule has 0 rings (SSSR count). The molecule has 0 heterocycles. The molecule has 6 nitrogen and oxygen atoms in total. The van der Waals surface area contributed by atoms with E-state index in [0.717, 1.165) is 154 Å². The summed E-state index contributed by atoms with van der Waals surface area (Å²) in [5.41, 5.74) is 0. The van der Waals surface area contributed by atoms with Crippen LogP contribution in [0.25, 0.3) is 0 Å². The Kier molecular flexibility index (Phi) is 54.9. The van der Waals surface area contributed by atoms with Gasteiger partial charge in [0.05, 0.1) is 0 Å². The van der Waals surface area contributed by atoms with Crippen LogP contribution in [0.2, 0.25) is 0 Å². The van der Waals surface area contributed by atoms with Crippen LogP contribution < -0.4 is 0 Å². The first-order chi connectivity index (χ1) is 35.0. The SMILES string of the molecule is CC/C=C\C/C=C\C/C=C\C/C=C\C/C=C\C/C=C\C/C=C\C/C=C\CCCCCCCCC(=O)OCC(COC(=O)CCCCCCCCCCC)OC(=O)CCCCCCC/C=C\C/C=C\CCC. The summed E-state index contributed by atoms with van der Waals surface area (Å²) in [6.45, 7) is 6.41. The van der Waals surface area contributed by atoms with Crippen LogP contribution in [0.15, 0.2) is 122 Å². The second-order valence-corrected chi connectivity index (χ2v) is 18.8. The molecule has 0 aromatic heterocycles. The van der Waals surface area contributed by atoms with Crippen molar-refractivity contribution in [2.45, 2.75) is 258 Å². The predicted molar refractivity (Wildman–Crippen MR) is 306 cm³/mol. The van der Waals surface area contributed by atoms with E-state index < -0.39 is 6.10 Å². The third kappa shape index (κ3) is 56.6. The van der Waals surface area contributed by atoms with Crippen molar-refractivity contribution in [2.75, 3.05) is 13.2 Å². The summed E-state index contributed by atoms with van der Waals surface area (Å²) in [5, 5.41) is 0. The Morgan fingerprint density at radius 2 is 0.577 bits per heavy atom. The second kappa shape index (κ2) is 58.4. The molecule has 0 saturated heterocycles. The minimum Gasteiger partial charge on any atom is -0.462 e. The molecule has 402 valence electrons. The largest absolute Gasteiger partial charge is 0.462 e. The van der Waals surface area contributed by atoms with Crippen LogP contribution >= 0.6 is 0 Å². The number of ether oxygens (including phenoxy) is 3. The first kappa shape index (κ1) is 66.8. The van der Waals surface area contributed by atoms with Crippen LogP contribution in [0.3, 0.4) is 0 Å². The zero-order valence-electron chi connectivity index (χ0n) is 45.9. The summed E-state index contributed by atoms with van der Waals surface area (Å²) in [6.07, 6.45) is 80.6. The Balaban J connectivity index is 4.24. The molecule has 0 fully saturated rings. The Hall–Kier alpha value is -4.19. The van der Waals surface area contributed by atoms with Crippen LogP contribution in [0.5, 0.6) is 0 Å². The van der Waals surface area contributed by atoms with E-state index in [-0.39, 0.29) is 31.1 Å². The number of hydrogen-bond donors (Lipinski definition) is 0. The molecule has 0 saturated carbocycles. The fraction of sp³-hybridized carbons (Fsp3) is 0.646. The van der Waals surface area contributed by atoms with E-state index in [1.54, 1.807) is 0 Å². The van der Waals surface area contributed by atoms with Crippen molar-refractivity contribution in [3.63, 3.8) is 0 Å². The average Bonchev–Trinajstić information content (AvgIpc) is 3.37. The van der Waals surface area contributed by atoms with Gasteiger partial charge in [-0.15, -0.1) is 0 Å². The number of allylic oxidation sites excluding steroid dienone is 20. The molecular formula is C65H106O6. The minimum absolute atomic E-state index is 0.0891. The summed E-state index contributed by atoms with van der Waals surface area (Å²) in [6, 6.07) is 0. The molecule has 0 aliphatic rings. The van der Waals surface area contributed by atoms with Crippen molar-refractivity contribution in [1.29, 1.82) is 0 Å². The predicted octanol–water partition coefficient (Wildman–Crippen LogP) is 19.6. The molecule has 71 heavy (non-hydrogen) atoms. The van der Waals surface area contributed by atoms with Crippen molar-refractivity contribution >= 4 is 17.9 Å². The lowest BCUT2D eigenvalue weighted by atomic mass is 10.1. The van der Waals surface area contributed by atoms with Crippen LogP contribution in [0, 0.1) is 0 Å². The third-order valence-electron chi connectivity index (χ3n) is 11.9. The average molecular weight is 984 g/mol. The van der Waals surface area contributed by atoms with Gasteiger partial charge < -0.3 is 14.2 Å². The molecule has 0 bridgehead atoms. The van der Waals surface area contributed by atoms with Crippen LogP contribution in [0.4, 0.5) is 0 Å². The Morgan fingerprint density at radius 3 is 0.915 bits per heavy atom. The van der Waals surface area contributed by atoms with E-state index in [1.807, 2.05) is 0 Å². The van der Waals surface area contributed by atoms with Gasteiger partial charge in [0.15, 0.2) is 6.10 Å². The van der Waals surface area contributed by atoms with Gasteiger partial charge in [0.25, 0.3) is 0 Å². The molecule has 6 heteroatoms. The van der Waals surface area contributed by atoms with Crippen molar-refractivity contribution < 1.29 is 28.6 Å². The molecule has 0 aliphatic heterocycles. The van der Waals surface area contributed by atoms with E-state index in [1.165, 1.54) is 57.8 Å². The maximum absolute atomic E-state index is 12.8. The fourth-order valence-electron chi connectivity index (χ4n) is 7.61. The van der Waals surface area contributed by atoms with Gasteiger partial charge in [0.1, 0.15) is 13.2 Å². The van der Waals surface area contributed by atoms with E-state index >= 15 is 0 Å². The molecule has 0 radical (unpaired) electrons. The van der Waals surface area contributed by atoms with Crippen molar-refractivity contribution in [2.24, 2.45) is 0 Å². The van der Waals surface area contributed by atoms with Crippen molar-refractivity contribution in [3.05, 3.63) is 122 Å². The van der Waals surface area contributed by atoms with Crippen LogP contribution in [0.1, 0.15) is 252 Å². The summed E-state index contributed by atoms with van der Waals surface area (Å²) in [4.78, 5) is 38.0. The van der Waals surface area contributed by atoms with Gasteiger partial charge in [-0.2, -0.15) is 0 Å². The van der Waals surface area contributed by atoms with Gasteiger partial charge in [0, 0.05) is 19.3 Å². The van der Waals surface area contributed by atoms with Gasteiger partial charge >= 0.3 is 17.9 Å². The zero-order valence-corrected chi connectivity index (χ0v) is 45.9. The highest BCUT2D eigenvalue weighted by Gasteiger charge is 2.19. The highest BCUT2D eigenvalue weighted by Crippen LogP contribution is 2.14. The number of rotatable bonds is 51. The zero-order chi connectivity index (χ0) is 51.4. The molecular weight excluding hydrogens is 877 g/mol. The number of carbonyl (C=O) groups is 3. The van der Waals surface area contributed by atoms with Gasteiger partial charge in [-0.25, -0.2) is 0 Å². The summed E-state index contributed by atoms with van der Waals surface area (Å²) < 4.78 is 16.8. The van der Waals surface area contributed by atoms with Crippen LogP contribution in [-0.4, -0.2) is 37.2 Å². The molecule has 0 spiro atoms.